The summed E-state index contributed by atoms with van der Waals surface area (Å²) in [6.45, 7) is 1.21. The minimum atomic E-state index is -0.884. The second-order valence-corrected chi connectivity index (χ2v) is 3.71. The van der Waals surface area contributed by atoms with Crippen LogP contribution in [-0.4, -0.2) is 45.9 Å². The number of carbonyl (C=O) groups excluding carboxylic acids is 1. The molecular weight excluding hydrogens is 258 g/mol. The SMILES string of the molecule is COCCOCCOCC(=O)c1ccc(F)cc1F. The molecular formula is C13H16F2O4. The van der Waals surface area contributed by atoms with Gasteiger partial charge in [0.15, 0.2) is 5.78 Å². The summed E-state index contributed by atoms with van der Waals surface area (Å²) in [6, 6.07) is 2.80. The van der Waals surface area contributed by atoms with Crippen molar-refractivity contribution in [2.75, 3.05) is 40.1 Å². The summed E-state index contributed by atoms with van der Waals surface area (Å²) in [5.41, 5.74) is -0.179. The number of ether oxygens (including phenoxy) is 3. The third-order valence-electron chi connectivity index (χ3n) is 2.27. The maximum Gasteiger partial charge on any atom is 0.191 e. The molecule has 0 unspecified atom stereocenters. The van der Waals surface area contributed by atoms with E-state index in [9.17, 15) is 13.6 Å². The molecule has 1 aromatic carbocycles. The summed E-state index contributed by atoms with van der Waals surface area (Å²) >= 11 is 0. The second kappa shape index (κ2) is 8.68. The first kappa shape index (κ1) is 15.7. The zero-order valence-corrected chi connectivity index (χ0v) is 10.7. The average molecular weight is 274 g/mol. The topological polar surface area (TPSA) is 44.8 Å². The lowest BCUT2D eigenvalue weighted by atomic mass is 10.1. The van der Waals surface area contributed by atoms with E-state index in [0.717, 1.165) is 12.1 Å². The molecule has 106 valence electrons. The average Bonchev–Trinajstić information content (AvgIpc) is 2.37. The number of rotatable bonds is 9. The van der Waals surface area contributed by atoms with Crippen LogP contribution in [0.4, 0.5) is 8.78 Å². The van der Waals surface area contributed by atoms with E-state index < -0.39 is 17.4 Å². The van der Waals surface area contributed by atoms with Gasteiger partial charge in [-0.25, -0.2) is 8.78 Å². The molecule has 0 saturated carbocycles. The zero-order chi connectivity index (χ0) is 14.1. The van der Waals surface area contributed by atoms with Gasteiger partial charge in [0.2, 0.25) is 0 Å². The summed E-state index contributed by atoms with van der Waals surface area (Å²) < 4.78 is 40.8. The molecule has 4 nitrogen and oxygen atoms in total. The van der Waals surface area contributed by atoms with Crippen LogP contribution in [0.3, 0.4) is 0 Å². The van der Waals surface area contributed by atoms with E-state index in [1.54, 1.807) is 7.11 Å². The van der Waals surface area contributed by atoms with Crippen molar-refractivity contribution < 1.29 is 27.8 Å². The van der Waals surface area contributed by atoms with Gasteiger partial charge in [-0.05, 0) is 12.1 Å². The van der Waals surface area contributed by atoms with Crippen LogP contribution in [0.1, 0.15) is 10.4 Å². The highest BCUT2D eigenvalue weighted by Crippen LogP contribution is 2.10. The Morgan fingerprint density at radius 2 is 1.79 bits per heavy atom. The smallest absolute Gasteiger partial charge is 0.191 e. The molecule has 0 bridgehead atoms. The minimum Gasteiger partial charge on any atom is -0.382 e. The molecule has 1 rings (SSSR count). The fraction of sp³-hybridized carbons (Fsp3) is 0.462. The van der Waals surface area contributed by atoms with E-state index in [1.807, 2.05) is 0 Å². The first-order chi connectivity index (χ1) is 9.15. The molecule has 1 aromatic rings. The quantitative estimate of drug-likeness (QED) is 0.509. The lowest BCUT2D eigenvalue weighted by Gasteiger charge is -2.05. The zero-order valence-electron chi connectivity index (χ0n) is 10.7. The van der Waals surface area contributed by atoms with Crippen molar-refractivity contribution in [3.05, 3.63) is 35.4 Å². The first-order valence-corrected chi connectivity index (χ1v) is 5.78. The molecule has 0 heterocycles. The van der Waals surface area contributed by atoms with Crippen molar-refractivity contribution in [2.45, 2.75) is 0 Å². The van der Waals surface area contributed by atoms with Crippen molar-refractivity contribution in [3.63, 3.8) is 0 Å². The van der Waals surface area contributed by atoms with Gasteiger partial charge < -0.3 is 14.2 Å². The number of Topliss-reactive ketones (excluding diaryl/α,β-unsaturated/α-hetero) is 1. The summed E-state index contributed by atoms with van der Waals surface area (Å²) in [7, 11) is 1.57. The van der Waals surface area contributed by atoms with Gasteiger partial charge in [0.25, 0.3) is 0 Å². The highest BCUT2D eigenvalue weighted by molar-refractivity contribution is 5.97. The molecule has 6 heteroatoms. The summed E-state index contributed by atoms with van der Waals surface area (Å²) in [6.07, 6.45) is 0. The number of carbonyl (C=O) groups is 1. The molecule has 0 saturated heterocycles. The lowest BCUT2D eigenvalue weighted by Crippen LogP contribution is -2.15. The predicted molar refractivity (Wildman–Crippen MR) is 64.2 cm³/mol. The number of hydrogen-bond donors (Lipinski definition) is 0. The Morgan fingerprint density at radius 3 is 2.47 bits per heavy atom. The molecule has 0 atom stereocenters. The first-order valence-electron chi connectivity index (χ1n) is 5.78. The third-order valence-corrected chi connectivity index (χ3v) is 2.27. The van der Waals surface area contributed by atoms with Crippen LogP contribution in [-0.2, 0) is 14.2 Å². The maximum absolute atomic E-state index is 13.3. The Labute approximate surface area is 110 Å². The van der Waals surface area contributed by atoms with Gasteiger partial charge >= 0.3 is 0 Å². The fourth-order valence-corrected chi connectivity index (χ4v) is 1.32. The highest BCUT2D eigenvalue weighted by Gasteiger charge is 2.12. The van der Waals surface area contributed by atoms with Gasteiger partial charge in [-0.15, -0.1) is 0 Å². The minimum absolute atomic E-state index is 0.179. The molecule has 19 heavy (non-hydrogen) atoms. The Morgan fingerprint density at radius 1 is 1.11 bits per heavy atom. The van der Waals surface area contributed by atoms with Crippen LogP contribution in [0.2, 0.25) is 0 Å². The maximum atomic E-state index is 13.3. The summed E-state index contributed by atoms with van der Waals surface area (Å²) in [4.78, 5) is 11.6. The van der Waals surface area contributed by atoms with E-state index in [1.165, 1.54) is 0 Å². The van der Waals surface area contributed by atoms with E-state index >= 15 is 0 Å². The molecule has 0 aromatic heterocycles. The standard InChI is InChI=1S/C13H16F2O4/c1-17-4-5-18-6-7-19-9-13(16)11-3-2-10(14)8-12(11)15/h2-3,8H,4-7,9H2,1H3. The van der Waals surface area contributed by atoms with Crippen molar-refractivity contribution in [1.29, 1.82) is 0 Å². The molecule has 0 aliphatic carbocycles. The van der Waals surface area contributed by atoms with Gasteiger partial charge in [-0.1, -0.05) is 0 Å². The summed E-state index contributed by atoms with van der Waals surface area (Å²) in [5.74, 6) is -2.14. The number of halogens is 2. The highest BCUT2D eigenvalue weighted by atomic mass is 19.1. The van der Waals surface area contributed by atoms with Crippen LogP contribution in [0, 0.1) is 11.6 Å². The molecule has 0 aliphatic rings. The fourth-order valence-electron chi connectivity index (χ4n) is 1.32. The molecule has 0 N–H and O–H groups in total. The van der Waals surface area contributed by atoms with Gasteiger partial charge in [-0.2, -0.15) is 0 Å². The number of methoxy groups -OCH3 is 1. The predicted octanol–water partition coefficient (Wildman–Crippen LogP) is 1.83. The third kappa shape index (κ3) is 5.87. The molecule has 0 amide bonds. The number of hydrogen-bond acceptors (Lipinski definition) is 4. The van der Waals surface area contributed by atoms with Crippen LogP contribution < -0.4 is 0 Å². The van der Waals surface area contributed by atoms with Gasteiger partial charge in [-0.3, -0.25) is 4.79 Å². The van der Waals surface area contributed by atoms with Gasteiger partial charge in [0.05, 0.1) is 32.0 Å². The van der Waals surface area contributed by atoms with E-state index in [0.29, 0.717) is 25.9 Å². The van der Waals surface area contributed by atoms with Crippen molar-refractivity contribution in [3.8, 4) is 0 Å². The van der Waals surface area contributed by atoms with Crippen molar-refractivity contribution in [2.24, 2.45) is 0 Å². The Hall–Kier alpha value is -1.37. The van der Waals surface area contributed by atoms with E-state index in [4.69, 9.17) is 14.2 Å². The van der Waals surface area contributed by atoms with E-state index in [2.05, 4.69) is 0 Å². The normalized spacial score (nSPS) is 10.7. The van der Waals surface area contributed by atoms with Crippen LogP contribution in [0.25, 0.3) is 0 Å². The monoisotopic (exact) mass is 274 g/mol. The molecule has 0 spiro atoms. The second-order valence-electron chi connectivity index (χ2n) is 3.71. The van der Waals surface area contributed by atoms with E-state index in [-0.39, 0.29) is 18.8 Å². The Balaban J connectivity index is 2.24. The van der Waals surface area contributed by atoms with Crippen LogP contribution in [0.5, 0.6) is 0 Å². The van der Waals surface area contributed by atoms with Gasteiger partial charge in [0.1, 0.15) is 18.2 Å². The van der Waals surface area contributed by atoms with Crippen LogP contribution >= 0.6 is 0 Å². The Bertz CT molecular complexity index is 410. The molecule has 0 fully saturated rings. The number of benzene rings is 1. The number of ketones is 1. The molecule has 0 aliphatic heterocycles. The van der Waals surface area contributed by atoms with Crippen molar-refractivity contribution >= 4 is 5.78 Å². The lowest BCUT2D eigenvalue weighted by molar-refractivity contribution is 0.0252. The van der Waals surface area contributed by atoms with Gasteiger partial charge in [0, 0.05) is 13.2 Å². The Kier molecular flexibility index (Phi) is 7.17. The van der Waals surface area contributed by atoms with Crippen LogP contribution in [0.15, 0.2) is 18.2 Å². The van der Waals surface area contributed by atoms with Crippen molar-refractivity contribution in [1.82, 2.24) is 0 Å². The summed E-state index contributed by atoms with van der Waals surface area (Å²) in [5, 5.41) is 0. The molecule has 0 radical (unpaired) electrons. The largest absolute Gasteiger partial charge is 0.382 e.